The van der Waals surface area contributed by atoms with Crippen molar-refractivity contribution >= 4 is 94.1 Å². The first-order valence-electron chi connectivity index (χ1n) is 44.1. The third kappa shape index (κ3) is 25.4. The molecule has 32 nitrogen and oxygen atoms in total. The van der Waals surface area contributed by atoms with E-state index in [0.29, 0.717) is 138 Å². The Morgan fingerprint density at radius 3 is 1.00 bits per heavy atom. The molecule has 0 saturated carbocycles. The van der Waals surface area contributed by atoms with E-state index in [4.69, 9.17) is 59.2 Å². The standard InChI is InChI=1S/C19H19ClN2O3.C19H20N2O3.C17H15ClN2O4.C17H19N3O3.C16H22N2O3.C14H18N2O3/c1-19(2,15-5-7-16(20)8-6-15)18(24)22-10-13-4-3-12(17(23)21-25)9-14(13)11-22;1-13-4-6-14(7-5-13)19(23)21-10-2-3-15-11-16(18(22)20-24)8-9-17(15)12-21;1-24-15-7-13(18)4-5-14(15)17(22)20-8-11-3-2-10(16(21)19-23)6-12(11)9-20;1-19-8-3-5-15(19)17(22)20-9-2-4-12-10-13(16(21)18-23)6-7-14(12)11-20;1-16(2,3)15(20)18-8-4-5-11-9-12(14(19)17-21)6-7-13(11)10-18;1-14(2,3)13(18)16-7-10-5-4-9(12(17)15-19)6-11(10)8-16/h3-9,25H,10-11H2,1-2H3,(H,21,23);4-9,11,24H,2-3,10,12H2,1H3,(H,20,22);2-7,23H,8-9H2,1H3,(H,19,21);3,5-8,10,23H,2,4,9,11H2,1H3,(H,18,21);6-7,9,21H,4-5,8,10H2,1-3H3,(H,17,19);4-6,19H,7-8H2,1-3H3,(H,15,17). The van der Waals surface area contributed by atoms with Crippen LogP contribution in [0.4, 0.5) is 0 Å². The molecular formula is C102H113Cl2N13O19. The number of hydrogen-bond acceptors (Lipinski definition) is 19. The normalized spacial score (nSPS) is 13.9. The van der Waals surface area contributed by atoms with Gasteiger partial charge in [-0.25, -0.2) is 32.9 Å². The summed E-state index contributed by atoms with van der Waals surface area (Å²) in [4.78, 5) is 156. The van der Waals surface area contributed by atoms with Gasteiger partial charge in [-0.3, -0.25) is 88.8 Å². The van der Waals surface area contributed by atoms with Crippen LogP contribution in [-0.4, -0.2) is 163 Å². The van der Waals surface area contributed by atoms with Gasteiger partial charge in [-0.05, 0) is 259 Å². The van der Waals surface area contributed by atoms with Gasteiger partial charge in [0.05, 0.1) is 18.1 Å². The second-order valence-electron chi connectivity index (χ2n) is 36.4. The van der Waals surface area contributed by atoms with Crippen molar-refractivity contribution in [3.63, 3.8) is 0 Å². The van der Waals surface area contributed by atoms with Gasteiger partial charge in [-0.1, -0.05) is 131 Å². The van der Waals surface area contributed by atoms with Gasteiger partial charge >= 0.3 is 0 Å². The number of rotatable bonds is 12. The summed E-state index contributed by atoms with van der Waals surface area (Å²) in [5.74, 6) is -2.68. The average molecular weight is 1900 g/mol. The van der Waals surface area contributed by atoms with Crippen molar-refractivity contribution in [1.29, 1.82) is 0 Å². The molecule has 0 atom stereocenters. The number of hydrogen-bond donors (Lipinski definition) is 12. The van der Waals surface area contributed by atoms with Crippen LogP contribution in [0.5, 0.6) is 5.75 Å². The van der Waals surface area contributed by atoms with Crippen molar-refractivity contribution in [1.82, 2.24) is 66.8 Å². The largest absolute Gasteiger partial charge is 0.496 e. The van der Waals surface area contributed by atoms with Crippen LogP contribution in [0.1, 0.15) is 246 Å². The number of methoxy groups -OCH3 is 1. The molecule has 0 unspecified atom stereocenters. The monoisotopic (exact) mass is 1890 g/mol. The fourth-order valence-corrected chi connectivity index (χ4v) is 17.0. The van der Waals surface area contributed by atoms with Crippen LogP contribution in [0.15, 0.2) is 194 Å². The van der Waals surface area contributed by atoms with E-state index in [9.17, 15) is 57.5 Å². The van der Waals surface area contributed by atoms with Crippen LogP contribution in [0.25, 0.3) is 0 Å². The summed E-state index contributed by atoms with van der Waals surface area (Å²) in [6, 6.07) is 54.9. The van der Waals surface area contributed by atoms with Gasteiger partial charge in [0.25, 0.3) is 53.2 Å². The molecule has 9 aromatic carbocycles. The number of fused-ring (bicyclic) bond motifs is 6. The summed E-state index contributed by atoms with van der Waals surface area (Å²) in [6.07, 6.45) is 6.86. The molecule has 0 radical (unpaired) electrons. The molecule has 136 heavy (non-hydrogen) atoms. The molecule has 12 N–H and O–H groups in total. The van der Waals surface area contributed by atoms with E-state index >= 15 is 0 Å². The second kappa shape index (κ2) is 45.4. The predicted molar refractivity (Wildman–Crippen MR) is 504 cm³/mol. The minimum absolute atomic E-state index is 0.0131. The number of hydroxylamine groups is 6. The first-order chi connectivity index (χ1) is 64.7. The average Bonchev–Trinajstić information content (AvgIpc) is 1.60. The third-order valence-corrected chi connectivity index (χ3v) is 24.7. The van der Waals surface area contributed by atoms with Crippen molar-refractivity contribution in [2.24, 2.45) is 17.9 Å². The highest BCUT2D eigenvalue weighted by molar-refractivity contribution is 6.31. The third-order valence-electron chi connectivity index (χ3n) is 24.3. The number of aromatic nitrogens is 1. The Morgan fingerprint density at radius 2 is 0.632 bits per heavy atom. The number of nitrogens with one attached hydrogen (secondary N) is 6. The first-order valence-corrected chi connectivity index (χ1v) is 44.9. The van der Waals surface area contributed by atoms with Crippen LogP contribution in [-0.2, 0) is 105 Å². The zero-order valence-corrected chi connectivity index (χ0v) is 79.1. The van der Waals surface area contributed by atoms with Crippen molar-refractivity contribution in [3.8, 4) is 5.75 Å². The first kappa shape index (κ1) is 103. The Bertz CT molecular complexity index is 6170. The Hall–Kier alpha value is -14.0. The minimum Gasteiger partial charge on any atom is -0.496 e. The second-order valence-corrected chi connectivity index (χ2v) is 37.2. The molecule has 1 aromatic heterocycles. The Balaban J connectivity index is 0.000000157. The number of carbonyl (C=O) groups is 12. The van der Waals surface area contributed by atoms with Crippen molar-refractivity contribution < 1.29 is 93.5 Å². The van der Waals surface area contributed by atoms with Crippen molar-refractivity contribution in [2.75, 3.05) is 26.7 Å². The van der Waals surface area contributed by atoms with E-state index in [2.05, 4.69) is 0 Å². The molecule has 714 valence electrons. The molecule has 6 aliphatic rings. The number of benzene rings is 9. The lowest BCUT2D eigenvalue weighted by atomic mass is 9.83. The molecule has 0 fully saturated rings. The maximum Gasteiger partial charge on any atom is 0.274 e. The highest BCUT2D eigenvalue weighted by Gasteiger charge is 2.38. The molecular weight excluding hydrogens is 1780 g/mol. The molecule has 34 heteroatoms. The van der Waals surface area contributed by atoms with E-state index in [0.717, 1.165) is 123 Å². The smallest absolute Gasteiger partial charge is 0.274 e. The maximum absolute atomic E-state index is 13.1. The van der Waals surface area contributed by atoms with Crippen LogP contribution in [0.3, 0.4) is 0 Å². The summed E-state index contributed by atoms with van der Waals surface area (Å²) < 4.78 is 7.06. The van der Waals surface area contributed by atoms with Gasteiger partial charge < -0.3 is 38.7 Å². The topological polar surface area (TPSA) is 432 Å². The van der Waals surface area contributed by atoms with E-state index < -0.39 is 46.3 Å². The SMILES string of the molecule is CC(C)(C(=O)N1Cc2ccc(C(=O)NO)cc2C1)c1ccc(Cl)cc1.CC(C)(C)C(=O)N1CCCc2cc(C(=O)NO)ccc2C1.CC(C)(C)C(=O)N1Cc2ccc(C(=O)NO)cc2C1.COc1cc(Cl)ccc1C(=O)N1Cc2ccc(C(=O)NO)cc2C1.Cc1ccc(C(=O)N2CCCc3cc(C(=O)NO)ccc3C2)cc1.Cn1cccc1C(=O)N1CCCc2cc(C(=O)NO)ccc2C1. The Kier molecular flexibility index (Phi) is 34.2. The molecule has 12 amide bonds. The fourth-order valence-electron chi connectivity index (χ4n) is 16.7. The number of nitrogens with zero attached hydrogens (tertiary/aromatic N) is 7. The number of amides is 12. The lowest BCUT2D eigenvalue weighted by molar-refractivity contribution is -0.140. The number of halogens is 2. The van der Waals surface area contributed by atoms with Crippen molar-refractivity contribution in [3.05, 3.63) is 332 Å². The predicted octanol–water partition coefficient (Wildman–Crippen LogP) is 14.2. The number of carbonyl (C=O) groups excluding carboxylic acids is 12. The van der Waals surface area contributed by atoms with E-state index in [1.165, 1.54) is 7.11 Å². The molecule has 0 spiro atoms. The molecule has 0 aliphatic carbocycles. The summed E-state index contributed by atoms with van der Waals surface area (Å²) in [7, 11) is 3.35. The summed E-state index contributed by atoms with van der Waals surface area (Å²) >= 11 is 11.9. The van der Waals surface area contributed by atoms with Crippen LogP contribution >= 0.6 is 23.2 Å². The van der Waals surface area contributed by atoms with Crippen LogP contribution < -0.4 is 37.6 Å². The van der Waals surface area contributed by atoms with Gasteiger partial charge in [0.15, 0.2) is 0 Å². The van der Waals surface area contributed by atoms with E-state index in [1.807, 2.05) is 174 Å². The lowest BCUT2D eigenvalue weighted by Crippen LogP contribution is -2.40. The summed E-state index contributed by atoms with van der Waals surface area (Å²) in [5.41, 5.74) is 26.6. The molecule has 7 heterocycles. The molecule has 0 saturated heterocycles. The van der Waals surface area contributed by atoms with Crippen molar-refractivity contribution in [2.45, 2.75) is 165 Å². The zero-order chi connectivity index (χ0) is 98.8. The molecule has 16 rings (SSSR count). The molecule has 10 aromatic rings. The van der Waals surface area contributed by atoms with Crippen LogP contribution in [0.2, 0.25) is 10.0 Å². The lowest BCUT2D eigenvalue weighted by Gasteiger charge is -2.29. The highest BCUT2D eigenvalue weighted by Crippen LogP contribution is 2.36. The Morgan fingerprint density at radius 1 is 0.324 bits per heavy atom. The number of aryl methyl sites for hydroxylation is 5. The highest BCUT2D eigenvalue weighted by atomic mass is 35.5. The minimum atomic E-state index is -0.683. The van der Waals surface area contributed by atoms with Gasteiger partial charge in [0.2, 0.25) is 17.7 Å². The van der Waals surface area contributed by atoms with Crippen LogP contribution in [0, 0.1) is 17.8 Å². The molecule has 0 bridgehead atoms. The summed E-state index contributed by atoms with van der Waals surface area (Å²) in [6.45, 7) is 23.8. The van der Waals surface area contributed by atoms with Gasteiger partial charge in [0.1, 0.15) is 11.4 Å². The van der Waals surface area contributed by atoms with Gasteiger partial charge in [-0.15, -0.1) is 0 Å². The fraction of sp³-hybridized carbons (Fsp3) is 0.314. The maximum atomic E-state index is 13.1. The van der Waals surface area contributed by atoms with E-state index in [1.54, 1.807) is 157 Å². The van der Waals surface area contributed by atoms with Gasteiger partial charge in [0, 0.05) is 152 Å². The Labute approximate surface area is 797 Å². The summed E-state index contributed by atoms with van der Waals surface area (Å²) in [5, 5.41) is 53.4. The molecule has 6 aliphatic heterocycles. The number of ether oxygens (including phenoxy) is 1. The zero-order valence-electron chi connectivity index (χ0n) is 77.6. The quantitative estimate of drug-likeness (QED) is 0.0399. The van der Waals surface area contributed by atoms with E-state index in [-0.39, 0.29) is 40.9 Å². The van der Waals surface area contributed by atoms with Gasteiger partial charge in [-0.2, -0.15) is 0 Å².